The van der Waals surface area contributed by atoms with Crippen molar-refractivity contribution in [2.24, 2.45) is 4.74 Å². The van der Waals surface area contributed by atoms with Crippen molar-refractivity contribution >= 4 is 63.4 Å². The zero-order valence-corrected chi connectivity index (χ0v) is 22.3. The highest BCUT2D eigenvalue weighted by atomic mass is 79.9. The number of esters is 1. The highest BCUT2D eigenvalue weighted by Crippen LogP contribution is 2.63. The monoisotopic (exact) mass is 557 g/mol. The van der Waals surface area contributed by atoms with Crippen molar-refractivity contribution in [1.82, 2.24) is 9.34 Å². The summed E-state index contributed by atoms with van der Waals surface area (Å²) in [5, 5.41) is 1.09. The Morgan fingerprint density at radius 3 is 2.50 bits per heavy atom. The van der Waals surface area contributed by atoms with Crippen LogP contribution in [0.1, 0.15) is 20.1 Å². The zero-order chi connectivity index (χ0) is 23.7. The normalized spacial score (nSPS) is 20.4. The number of hydrogen-bond acceptors (Lipinski definition) is 5. The van der Waals surface area contributed by atoms with Crippen molar-refractivity contribution in [3.63, 3.8) is 0 Å². The van der Waals surface area contributed by atoms with Crippen LogP contribution in [0.15, 0.2) is 69.9 Å². The second-order valence-corrected chi connectivity index (χ2v) is 13.0. The molecule has 0 N–H and O–H groups in total. The van der Waals surface area contributed by atoms with E-state index in [2.05, 4.69) is 62.7 Å². The average molecular weight is 558 g/mol. The van der Waals surface area contributed by atoms with E-state index in [0.29, 0.717) is 18.1 Å². The lowest BCUT2D eigenvalue weighted by atomic mass is 10.1. The third kappa shape index (κ3) is 4.18. The molecule has 0 aliphatic carbocycles. The SMILES string of the molecule is COC(=O)c1cc2c(s1)C=C(c1ccccc1)N(C)[P@]2(=Nc1ccc(Br)cc1)N1CCOCC1. The van der Waals surface area contributed by atoms with Crippen LogP contribution < -0.4 is 5.30 Å². The molecule has 9 heteroatoms. The number of nitrogens with zero attached hydrogens (tertiary/aromatic N) is 3. The molecule has 0 amide bonds. The van der Waals surface area contributed by atoms with Crippen LogP contribution in [0.3, 0.4) is 0 Å². The van der Waals surface area contributed by atoms with Crippen LogP contribution in [0.2, 0.25) is 0 Å². The Morgan fingerprint density at radius 2 is 1.82 bits per heavy atom. The fraction of sp³-hybridized carbons (Fsp3) is 0.240. The summed E-state index contributed by atoms with van der Waals surface area (Å²) in [6.45, 7) is 2.84. The van der Waals surface area contributed by atoms with E-state index < -0.39 is 7.36 Å². The van der Waals surface area contributed by atoms with E-state index in [4.69, 9.17) is 14.2 Å². The lowest BCUT2D eigenvalue weighted by Gasteiger charge is -2.47. The van der Waals surface area contributed by atoms with Gasteiger partial charge in [-0.15, -0.1) is 11.3 Å². The summed E-state index contributed by atoms with van der Waals surface area (Å²) < 4.78 is 22.1. The van der Waals surface area contributed by atoms with Gasteiger partial charge < -0.3 is 14.1 Å². The molecule has 0 saturated carbocycles. The summed E-state index contributed by atoms with van der Waals surface area (Å²) in [5.41, 5.74) is 3.11. The quantitative estimate of drug-likeness (QED) is 0.288. The molecule has 176 valence electrons. The first-order valence-electron chi connectivity index (χ1n) is 11.0. The van der Waals surface area contributed by atoms with E-state index in [1.54, 1.807) is 0 Å². The Hall–Kier alpha value is -2.22. The Morgan fingerprint density at radius 1 is 1.12 bits per heavy atom. The number of carbonyl (C=O) groups excluding carboxylic acids is 1. The largest absolute Gasteiger partial charge is 0.465 e. The summed E-state index contributed by atoms with van der Waals surface area (Å²) in [5.74, 6) is -0.319. The van der Waals surface area contributed by atoms with Crippen LogP contribution in [-0.4, -0.2) is 55.8 Å². The molecule has 3 aromatic rings. The third-order valence-corrected chi connectivity index (χ3v) is 11.5. The van der Waals surface area contributed by atoms with Crippen LogP contribution in [-0.2, 0) is 9.47 Å². The number of thiophene rings is 1. The van der Waals surface area contributed by atoms with Crippen LogP contribution in [0, 0.1) is 0 Å². The molecule has 0 unspecified atom stereocenters. The van der Waals surface area contributed by atoms with E-state index in [1.807, 2.05) is 36.4 Å². The molecule has 34 heavy (non-hydrogen) atoms. The molecule has 1 atom stereocenters. The summed E-state index contributed by atoms with van der Waals surface area (Å²) in [4.78, 5) is 14.2. The van der Waals surface area contributed by atoms with Gasteiger partial charge in [0.1, 0.15) is 4.88 Å². The predicted molar refractivity (Wildman–Crippen MR) is 143 cm³/mol. The van der Waals surface area contributed by atoms with Crippen LogP contribution in [0.25, 0.3) is 11.8 Å². The molecule has 3 heterocycles. The van der Waals surface area contributed by atoms with Gasteiger partial charge in [0, 0.05) is 34.8 Å². The number of carbonyl (C=O) groups is 1. The first kappa shape index (κ1) is 23.5. The van der Waals surface area contributed by atoms with E-state index in [9.17, 15) is 4.79 Å². The minimum atomic E-state index is -2.50. The maximum atomic E-state index is 12.5. The first-order chi connectivity index (χ1) is 16.5. The number of rotatable bonds is 4. The minimum Gasteiger partial charge on any atom is -0.465 e. The number of ether oxygens (including phenoxy) is 2. The van der Waals surface area contributed by atoms with Gasteiger partial charge in [-0.05, 0) is 42.0 Å². The number of halogens is 1. The third-order valence-electron chi connectivity index (χ3n) is 6.02. The zero-order valence-electron chi connectivity index (χ0n) is 19.0. The van der Waals surface area contributed by atoms with Crippen LogP contribution in [0.4, 0.5) is 5.69 Å². The van der Waals surface area contributed by atoms with Gasteiger partial charge >= 0.3 is 5.97 Å². The van der Waals surface area contributed by atoms with Gasteiger partial charge in [-0.2, -0.15) is 0 Å². The van der Waals surface area contributed by atoms with Gasteiger partial charge in [-0.1, -0.05) is 46.3 Å². The predicted octanol–water partition coefficient (Wildman–Crippen LogP) is 6.06. The van der Waals surface area contributed by atoms with Crippen LogP contribution in [0.5, 0.6) is 0 Å². The molecule has 5 rings (SSSR count). The Balaban J connectivity index is 1.81. The Bertz CT molecular complexity index is 1280. The van der Waals surface area contributed by atoms with E-state index in [-0.39, 0.29) is 5.97 Å². The standard InChI is InChI=1S/C25H25BrN3O3PS/c1-28-21(18-6-4-3-5-7-18)16-23-22(17-24(34-23)25(30)31-2)33(28,29-12-14-32-15-13-29)27-20-10-8-19(26)9-11-20/h3-11,16-17H,12-15H2,1-2H3/t33-/m0/s1. The van der Waals surface area contributed by atoms with Gasteiger partial charge in [-0.3, -0.25) is 0 Å². The molecule has 1 fully saturated rings. The topological polar surface area (TPSA) is 54.4 Å². The summed E-state index contributed by atoms with van der Waals surface area (Å²) in [6.07, 6.45) is 2.18. The van der Waals surface area contributed by atoms with Gasteiger partial charge in [0.05, 0.1) is 31.7 Å². The number of hydrogen-bond donors (Lipinski definition) is 0. The highest BCUT2D eigenvalue weighted by molar-refractivity contribution is 9.10. The second kappa shape index (κ2) is 9.80. The van der Waals surface area contributed by atoms with E-state index in [1.165, 1.54) is 18.4 Å². The molecule has 6 nitrogen and oxygen atoms in total. The molecule has 0 bridgehead atoms. The second-order valence-electron chi connectivity index (χ2n) is 7.98. The maximum Gasteiger partial charge on any atom is 0.348 e. The molecule has 0 radical (unpaired) electrons. The molecule has 1 saturated heterocycles. The number of morpholine rings is 1. The van der Waals surface area contributed by atoms with Crippen molar-refractivity contribution in [3.05, 3.63) is 80.5 Å². The Kier molecular flexibility index (Phi) is 6.78. The highest BCUT2D eigenvalue weighted by Gasteiger charge is 2.42. The van der Waals surface area contributed by atoms with Gasteiger partial charge in [0.2, 0.25) is 0 Å². The fourth-order valence-corrected chi connectivity index (χ4v) is 9.83. The molecule has 2 aliphatic rings. The van der Waals surface area contributed by atoms with Gasteiger partial charge in [0.25, 0.3) is 0 Å². The average Bonchev–Trinajstić information content (AvgIpc) is 3.32. The van der Waals surface area contributed by atoms with Crippen molar-refractivity contribution in [2.45, 2.75) is 0 Å². The molecule has 1 aromatic heterocycles. The van der Waals surface area contributed by atoms with E-state index >= 15 is 0 Å². The number of benzene rings is 2. The van der Waals surface area contributed by atoms with Crippen molar-refractivity contribution in [2.75, 3.05) is 40.5 Å². The smallest absolute Gasteiger partial charge is 0.348 e. The lowest BCUT2D eigenvalue weighted by molar-refractivity contribution is 0.0606. The summed E-state index contributed by atoms with van der Waals surface area (Å²) in [7, 11) is 1.05. The number of methoxy groups -OCH3 is 1. The molecular weight excluding hydrogens is 533 g/mol. The van der Waals surface area contributed by atoms with Crippen LogP contribution >= 0.6 is 34.6 Å². The fourth-order valence-electron chi connectivity index (χ4n) is 4.37. The summed E-state index contributed by atoms with van der Waals surface area (Å²) >= 11 is 5.01. The van der Waals surface area contributed by atoms with Gasteiger partial charge in [0.15, 0.2) is 7.36 Å². The first-order valence-corrected chi connectivity index (χ1v) is 14.2. The van der Waals surface area contributed by atoms with E-state index in [0.717, 1.165) is 44.7 Å². The maximum absolute atomic E-state index is 12.5. The van der Waals surface area contributed by atoms with Gasteiger partial charge in [-0.25, -0.2) is 14.2 Å². The molecule has 2 aromatic carbocycles. The minimum absolute atomic E-state index is 0.319. The molecule has 2 aliphatic heterocycles. The lowest BCUT2D eigenvalue weighted by Crippen LogP contribution is -2.42. The summed E-state index contributed by atoms with van der Waals surface area (Å²) in [6, 6.07) is 20.5. The number of fused-ring (bicyclic) bond motifs is 1. The van der Waals surface area contributed by atoms with Crippen molar-refractivity contribution in [1.29, 1.82) is 0 Å². The molecule has 0 spiro atoms. The Labute approximate surface area is 212 Å². The van der Waals surface area contributed by atoms with Crippen molar-refractivity contribution < 1.29 is 14.3 Å². The molecular formula is C25H25BrN3O3PS. The van der Waals surface area contributed by atoms with Crippen molar-refractivity contribution in [3.8, 4) is 0 Å².